The molecule has 1 saturated carbocycles. The summed E-state index contributed by atoms with van der Waals surface area (Å²) in [6.07, 6.45) is 7.67. The Labute approximate surface area is 171 Å². The number of hydrogen-bond acceptors (Lipinski definition) is 3. The molecule has 3 aliphatic carbocycles. The second kappa shape index (κ2) is 7.63. The fourth-order valence-electron chi connectivity index (χ4n) is 5.62. The molecule has 3 nitrogen and oxygen atoms in total. The number of carbonyl (C=O) groups is 1. The molecular weight excluding hydrogens is 348 g/mol. The van der Waals surface area contributed by atoms with Crippen molar-refractivity contribution in [2.75, 3.05) is 6.61 Å². The lowest BCUT2D eigenvalue weighted by molar-refractivity contribution is -0.153. The first-order valence-electron chi connectivity index (χ1n) is 11.2. The lowest BCUT2D eigenvalue weighted by Crippen LogP contribution is -2.32. The first kappa shape index (κ1) is 21.6. The third-order valence-electron chi connectivity index (χ3n) is 7.71. The number of fused-ring (bicyclic) bond motifs is 2. The summed E-state index contributed by atoms with van der Waals surface area (Å²) in [5.41, 5.74) is 3.99. The van der Waals surface area contributed by atoms with Gasteiger partial charge in [0.1, 0.15) is 0 Å². The molecule has 0 saturated heterocycles. The van der Waals surface area contributed by atoms with Gasteiger partial charge in [-0.05, 0) is 70.6 Å². The number of ether oxygens (including phenoxy) is 1. The van der Waals surface area contributed by atoms with Gasteiger partial charge in [0.25, 0.3) is 0 Å². The smallest absolute Gasteiger partial charge is 0.311 e. The molecule has 158 valence electrons. The van der Waals surface area contributed by atoms with Gasteiger partial charge in [0.2, 0.25) is 0 Å². The Kier molecular flexibility index (Phi) is 5.89. The van der Waals surface area contributed by atoms with E-state index in [-0.39, 0.29) is 23.4 Å². The Morgan fingerprint density at radius 2 is 2.00 bits per heavy atom. The second-order valence-corrected chi connectivity index (χ2v) is 11.0. The van der Waals surface area contributed by atoms with Gasteiger partial charge < -0.3 is 9.84 Å². The third kappa shape index (κ3) is 3.97. The Bertz CT molecular complexity index is 680. The first-order chi connectivity index (χ1) is 12.9. The van der Waals surface area contributed by atoms with Crippen molar-refractivity contribution >= 4 is 5.97 Å². The predicted octanol–water partition coefficient (Wildman–Crippen LogP) is 5.68. The average molecular weight is 389 g/mol. The molecule has 0 aromatic carbocycles. The molecule has 0 radical (unpaired) electrons. The van der Waals surface area contributed by atoms with Crippen LogP contribution in [0.3, 0.4) is 0 Å². The standard InChI is InChI=1S/C25H40O3/c1-15-8-9-19-17(3)22(26)12-21-18(10-11-25(21,7)13-20(15)19)16(2)14-28-23(27)24(4,5)6/h13,15-17,19,22,26H,8-12,14H2,1-7H3/b20-13-/t15-,16+,17+,19-,22+,25+/m0/s1. The molecule has 0 unspecified atom stereocenters. The fraction of sp³-hybridized carbons (Fsp3) is 0.800. The van der Waals surface area contributed by atoms with Gasteiger partial charge in [-0.15, -0.1) is 0 Å². The van der Waals surface area contributed by atoms with Crippen LogP contribution in [-0.4, -0.2) is 23.8 Å². The minimum absolute atomic E-state index is 0.0466. The van der Waals surface area contributed by atoms with Crippen LogP contribution in [0.25, 0.3) is 0 Å². The lowest BCUT2D eigenvalue weighted by atomic mass is 9.70. The van der Waals surface area contributed by atoms with E-state index in [0.29, 0.717) is 24.4 Å². The van der Waals surface area contributed by atoms with Crippen LogP contribution >= 0.6 is 0 Å². The summed E-state index contributed by atoms with van der Waals surface area (Å²) in [6, 6.07) is 0. The van der Waals surface area contributed by atoms with Crippen molar-refractivity contribution in [1.82, 2.24) is 0 Å². The third-order valence-corrected chi connectivity index (χ3v) is 7.71. The minimum atomic E-state index is -0.467. The first-order valence-corrected chi connectivity index (χ1v) is 11.2. The Morgan fingerprint density at radius 1 is 1.32 bits per heavy atom. The highest BCUT2D eigenvalue weighted by Gasteiger charge is 2.44. The maximum Gasteiger partial charge on any atom is 0.311 e. The van der Waals surface area contributed by atoms with Crippen LogP contribution in [0.4, 0.5) is 0 Å². The van der Waals surface area contributed by atoms with E-state index in [9.17, 15) is 9.90 Å². The van der Waals surface area contributed by atoms with Crippen molar-refractivity contribution in [2.24, 2.45) is 34.5 Å². The van der Waals surface area contributed by atoms with E-state index in [2.05, 4.69) is 33.8 Å². The van der Waals surface area contributed by atoms with Gasteiger partial charge in [-0.2, -0.15) is 0 Å². The molecule has 0 spiro atoms. The number of rotatable bonds is 3. The van der Waals surface area contributed by atoms with E-state index in [0.717, 1.165) is 19.3 Å². The van der Waals surface area contributed by atoms with Crippen LogP contribution in [0.15, 0.2) is 22.8 Å². The van der Waals surface area contributed by atoms with Crippen LogP contribution in [0, 0.1) is 34.5 Å². The van der Waals surface area contributed by atoms with Crippen LogP contribution in [0.1, 0.15) is 80.6 Å². The molecule has 3 rings (SSSR count). The SMILES string of the molecule is C[C@H]1[C@H](O)CC2=C([C@H](C)COC(=O)C(C)(C)C)CC[C@]2(C)/C=C2\[C@H]1CC[C@@H]2C. The Hall–Kier alpha value is -1.09. The normalized spacial score (nSPS) is 38.8. The molecule has 0 aliphatic heterocycles. The van der Waals surface area contributed by atoms with Crippen LogP contribution in [0.5, 0.6) is 0 Å². The molecular formula is C25H40O3. The van der Waals surface area contributed by atoms with Crippen molar-refractivity contribution in [3.8, 4) is 0 Å². The second-order valence-electron chi connectivity index (χ2n) is 11.0. The molecule has 0 aromatic heterocycles. The van der Waals surface area contributed by atoms with Crippen LogP contribution in [-0.2, 0) is 9.53 Å². The molecule has 28 heavy (non-hydrogen) atoms. The summed E-state index contributed by atoms with van der Waals surface area (Å²) in [5, 5.41) is 11.1. The highest BCUT2D eigenvalue weighted by Crippen LogP contribution is 2.54. The molecule has 3 aliphatic rings. The highest BCUT2D eigenvalue weighted by molar-refractivity contribution is 5.75. The van der Waals surface area contributed by atoms with Crippen molar-refractivity contribution < 1.29 is 14.6 Å². The van der Waals surface area contributed by atoms with E-state index >= 15 is 0 Å². The van der Waals surface area contributed by atoms with E-state index in [1.165, 1.54) is 24.0 Å². The van der Waals surface area contributed by atoms with Gasteiger partial charge in [-0.25, -0.2) is 0 Å². The van der Waals surface area contributed by atoms with Crippen molar-refractivity contribution in [1.29, 1.82) is 0 Å². The molecule has 3 heteroatoms. The number of allylic oxidation sites excluding steroid dienone is 2. The van der Waals surface area contributed by atoms with E-state index in [4.69, 9.17) is 4.74 Å². The van der Waals surface area contributed by atoms with Gasteiger partial charge in [0, 0.05) is 11.3 Å². The summed E-state index contributed by atoms with van der Waals surface area (Å²) >= 11 is 0. The number of aliphatic hydroxyl groups is 1. The average Bonchev–Trinajstić information content (AvgIpc) is 3.11. The van der Waals surface area contributed by atoms with Gasteiger partial charge >= 0.3 is 5.97 Å². The lowest BCUT2D eigenvalue weighted by Gasteiger charge is -2.37. The van der Waals surface area contributed by atoms with Gasteiger partial charge in [-0.3, -0.25) is 4.79 Å². The zero-order chi connectivity index (χ0) is 20.9. The number of hydrogen-bond donors (Lipinski definition) is 1. The van der Waals surface area contributed by atoms with E-state index in [1.807, 2.05) is 20.8 Å². The maximum absolute atomic E-state index is 12.2. The molecule has 0 heterocycles. The summed E-state index contributed by atoms with van der Waals surface area (Å²) in [5.74, 6) is 1.55. The Morgan fingerprint density at radius 3 is 2.64 bits per heavy atom. The predicted molar refractivity (Wildman–Crippen MR) is 114 cm³/mol. The van der Waals surface area contributed by atoms with Gasteiger partial charge in [0.05, 0.1) is 18.1 Å². The molecule has 0 amide bonds. The fourth-order valence-corrected chi connectivity index (χ4v) is 5.62. The van der Waals surface area contributed by atoms with Crippen molar-refractivity contribution in [2.45, 2.75) is 86.7 Å². The largest absolute Gasteiger partial charge is 0.465 e. The Balaban J connectivity index is 1.89. The molecule has 6 atom stereocenters. The van der Waals surface area contributed by atoms with Crippen LogP contribution in [0.2, 0.25) is 0 Å². The molecule has 1 N–H and O–H groups in total. The molecule has 0 bridgehead atoms. The monoisotopic (exact) mass is 388 g/mol. The molecule has 0 aromatic rings. The minimum Gasteiger partial charge on any atom is -0.465 e. The molecule has 1 fully saturated rings. The maximum atomic E-state index is 12.2. The zero-order valence-electron chi connectivity index (χ0n) is 19.0. The summed E-state index contributed by atoms with van der Waals surface area (Å²) < 4.78 is 5.63. The summed E-state index contributed by atoms with van der Waals surface area (Å²) in [7, 11) is 0. The number of esters is 1. The van der Waals surface area contributed by atoms with Gasteiger partial charge in [-0.1, -0.05) is 50.5 Å². The topological polar surface area (TPSA) is 46.5 Å². The number of carbonyl (C=O) groups excluding carboxylic acids is 1. The summed E-state index contributed by atoms with van der Waals surface area (Å²) in [6.45, 7) is 15.2. The van der Waals surface area contributed by atoms with E-state index in [1.54, 1.807) is 5.57 Å². The summed E-state index contributed by atoms with van der Waals surface area (Å²) in [4.78, 5) is 12.2. The van der Waals surface area contributed by atoms with Crippen molar-refractivity contribution in [3.05, 3.63) is 22.8 Å². The zero-order valence-corrected chi connectivity index (χ0v) is 19.0. The quantitative estimate of drug-likeness (QED) is 0.499. The highest BCUT2D eigenvalue weighted by atomic mass is 16.5. The van der Waals surface area contributed by atoms with Gasteiger partial charge in [0.15, 0.2) is 0 Å². The van der Waals surface area contributed by atoms with E-state index < -0.39 is 5.41 Å². The van der Waals surface area contributed by atoms with Crippen molar-refractivity contribution in [3.63, 3.8) is 0 Å². The van der Waals surface area contributed by atoms with Crippen LogP contribution < -0.4 is 0 Å². The number of aliphatic hydroxyl groups excluding tert-OH is 1.